The lowest BCUT2D eigenvalue weighted by atomic mass is 10.0. The number of rotatable bonds is 5. The topological polar surface area (TPSA) is 88.5 Å². The van der Waals surface area contributed by atoms with Crippen LogP contribution in [0.2, 0.25) is 10.0 Å². The highest BCUT2D eigenvalue weighted by molar-refractivity contribution is 6.42. The number of halogens is 3. The van der Waals surface area contributed by atoms with Gasteiger partial charge in [-0.05, 0) is 42.1 Å². The highest BCUT2D eigenvalue weighted by Crippen LogP contribution is 2.30. The number of fused-ring (bicyclic) bond motifs is 2. The summed E-state index contributed by atoms with van der Waals surface area (Å²) in [5.74, 6) is -0.0503. The lowest BCUT2D eigenvalue weighted by molar-refractivity contribution is 0.635. The largest absolute Gasteiger partial charge is 0.360 e. The molecule has 0 aliphatic heterocycles. The molecule has 0 fully saturated rings. The lowest BCUT2D eigenvalue weighted by Gasteiger charge is -2.23. The molecule has 0 spiro atoms. The molecule has 3 aromatic heterocycles. The van der Waals surface area contributed by atoms with Gasteiger partial charge in [0.05, 0.1) is 33.5 Å². The standard InChI is InChI=1S/C23H17Cl2FN6O/c1-2-17(31-22-20-21(28-10-27-20)29-11-30-22)18-8-12-4-3-5-16(26)19(12)23(33)32(18)13-6-7-14(24)15(25)9-13/h3-11,17H,2H2,1H3,(H2,27,28,29,30,31)/t17-/m1/s1. The molecule has 3 heterocycles. The van der Waals surface area contributed by atoms with E-state index >= 15 is 0 Å². The Morgan fingerprint density at radius 1 is 1.12 bits per heavy atom. The van der Waals surface area contributed by atoms with Crippen LogP contribution < -0.4 is 10.9 Å². The number of aromatic amines is 1. The molecule has 0 bridgehead atoms. The maximum atomic E-state index is 14.7. The molecule has 5 rings (SSSR count). The summed E-state index contributed by atoms with van der Waals surface area (Å²) in [6, 6.07) is 10.9. The van der Waals surface area contributed by atoms with Crippen molar-refractivity contribution in [1.29, 1.82) is 0 Å². The summed E-state index contributed by atoms with van der Waals surface area (Å²) >= 11 is 12.3. The van der Waals surface area contributed by atoms with E-state index in [0.29, 0.717) is 45.2 Å². The minimum absolute atomic E-state index is 0.000157. The first kappa shape index (κ1) is 21.4. The first-order valence-corrected chi connectivity index (χ1v) is 10.9. The van der Waals surface area contributed by atoms with Crippen LogP contribution in [0.25, 0.3) is 27.6 Å². The van der Waals surface area contributed by atoms with Crippen molar-refractivity contribution in [2.24, 2.45) is 0 Å². The fourth-order valence-electron chi connectivity index (χ4n) is 3.91. The van der Waals surface area contributed by atoms with Gasteiger partial charge in [-0.15, -0.1) is 0 Å². The maximum Gasteiger partial charge on any atom is 0.266 e. The minimum Gasteiger partial charge on any atom is -0.360 e. The molecule has 5 aromatic rings. The monoisotopic (exact) mass is 482 g/mol. The molecule has 33 heavy (non-hydrogen) atoms. The van der Waals surface area contributed by atoms with Crippen LogP contribution in [0, 0.1) is 5.82 Å². The molecule has 1 atom stereocenters. The highest BCUT2D eigenvalue weighted by Gasteiger charge is 2.22. The average Bonchev–Trinajstić information content (AvgIpc) is 3.29. The molecular weight excluding hydrogens is 466 g/mol. The zero-order valence-corrected chi connectivity index (χ0v) is 18.8. The average molecular weight is 483 g/mol. The van der Waals surface area contributed by atoms with E-state index in [2.05, 4.69) is 25.3 Å². The molecule has 0 aliphatic carbocycles. The van der Waals surface area contributed by atoms with Gasteiger partial charge in [0.25, 0.3) is 5.56 Å². The van der Waals surface area contributed by atoms with Crippen molar-refractivity contribution >= 4 is 51.0 Å². The van der Waals surface area contributed by atoms with Crippen LogP contribution in [0.5, 0.6) is 0 Å². The van der Waals surface area contributed by atoms with Gasteiger partial charge in [-0.1, -0.05) is 42.3 Å². The number of anilines is 1. The third-order valence-corrected chi connectivity index (χ3v) is 6.22. The Bertz CT molecular complexity index is 1560. The van der Waals surface area contributed by atoms with Crippen molar-refractivity contribution in [2.75, 3.05) is 5.32 Å². The van der Waals surface area contributed by atoms with Gasteiger partial charge in [0.15, 0.2) is 11.5 Å². The SMILES string of the molecule is CC[C@@H](Nc1ncnc2nc[nH]c12)c1cc2cccc(F)c2c(=O)n1-c1ccc(Cl)c(Cl)c1. The zero-order valence-electron chi connectivity index (χ0n) is 17.3. The quantitative estimate of drug-likeness (QED) is 0.337. The van der Waals surface area contributed by atoms with Crippen LogP contribution in [0.1, 0.15) is 25.1 Å². The van der Waals surface area contributed by atoms with Crippen molar-refractivity contribution in [3.05, 3.63) is 87.0 Å². The van der Waals surface area contributed by atoms with E-state index in [1.165, 1.54) is 23.3 Å². The number of benzene rings is 2. The molecule has 0 radical (unpaired) electrons. The van der Waals surface area contributed by atoms with Crippen molar-refractivity contribution in [3.63, 3.8) is 0 Å². The molecule has 0 unspecified atom stereocenters. The van der Waals surface area contributed by atoms with Gasteiger partial charge in [0.1, 0.15) is 17.7 Å². The van der Waals surface area contributed by atoms with Gasteiger partial charge in [0, 0.05) is 5.69 Å². The fourth-order valence-corrected chi connectivity index (χ4v) is 4.20. The Morgan fingerprint density at radius 2 is 1.97 bits per heavy atom. The van der Waals surface area contributed by atoms with Crippen molar-refractivity contribution in [1.82, 2.24) is 24.5 Å². The number of nitrogens with zero attached hydrogens (tertiary/aromatic N) is 4. The Morgan fingerprint density at radius 3 is 2.76 bits per heavy atom. The van der Waals surface area contributed by atoms with Gasteiger partial charge < -0.3 is 10.3 Å². The van der Waals surface area contributed by atoms with Crippen LogP contribution in [-0.2, 0) is 0 Å². The van der Waals surface area contributed by atoms with Crippen LogP contribution >= 0.6 is 23.2 Å². The van der Waals surface area contributed by atoms with Gasteiger partial charge in [0.2, 0.25) is 0 Å². The summed E-state index contributed by atoms with van der Waals surface area (Å²) in [4.78, 5) is 29.3. The highest BCUT2D eigenvalue weighted by atomic mass is 35.5. The number of aromatic nitrogens is 5. The summed E-state index contributed by atoms with van der Waals surface area (Å²) in [6.07, 6.45) is 3.55. The lowest BCUT2D eigenvalue weighted by Crippen LogP contribution is -2.27. The molecule has 166 valence electrons. The van der Waals surface area contributed by atoms with Gasteiger partial charge >= 0.3 is 0 Å². The Balaban J connectivity index is 1.75. The Hall–Kier alpha value is -3.49. The smallest absolute Gasteiger partial charge is 0.266 e. The fraction of sp³-hybridized carbons (Fsp3) is 0.130. The molecular formula is C23H17Cl2FN6O. The van der Waals surface area contributed by atoms with Gasteiger partial charge in [-0.2, -0.15) is 0 Å². The van der Waals surface area contributed by atoms with Crippen LogP contribution in [0.4, 0.5) is 10.2 Å². The number of pyridine rings is 1. The summed E-state index contributed by atoms with van der Waals surface area (Å²) in [6.45, 7) is 1.97. The molecule has 2 N–H and O–H groups in total. The second kappa shape index (κ2) is 8.46. The van der Waals surface area contributed by atoms with E-state index in [1.807, 2.05) is 6.92 Å². The minimum atomic E-state index is -0.589. The summed E-state index contributed by atoms with van der Waals surface area (Å²) in [7, 11) is 0. The number of nitrogens with one attached hydrogen (secondary N) is 2. The molecule has 0 aliphatic rings. The van der Waals surface area contributed by atoms with Crippen LogP contribution in [0.3, 0.4) is 0 Å². The van der Waals surface area contributed by atoms with E-state index in [4.69, 9.17) is 23.2 Å². The molecule has 2 aromatic carbocycles. The number of hydrogen-bond donors (Lipinski definition) is 2. The summed E-state index contributed by atoms with van der Waals surface area (Å²) in [5.41, 5.74) is 1.76. The first-order chi connectivity index (χ1) is 16.0. The third-order valence-electron chi connectivity index (χ3n) is 5.48. The molecule has 7 nitrogen and oxygen atoms in total. The second-order valence-electron chi connectivity index (χ2n) is 7.44. The van der Waals surface area contributed by atoms with Crippen molar-refractivity contribution in [3.8, 4) is 5.69 Å². The number of H-pyrrole nitrogens is 1. The van der Waals surface area contributed by atoms with E-state index in [1.54, 1.807) is 36.4 Å². The molecule has 0 amide bonds. The van der Waals surface area contributed by atoms with Gasteiger partial charge in [-0.3, -0.25) is 9.36 Å². The van der Waals surface area contributed by atoms with Crippen molar-refractivity contribution in [2.45, 2.75) is 19.4 Å². The summed E-state index contributed by atoms with van der Waals surface area (Å²) < 4.78 is 16.1. The van der Waals surface area contributed by atoms with Crippen LogP contribution in [-0.4, -0.2) is 24.5 Å². The second-order valence-corrected chi connectivity index (χ2v) is 8.26. The van der Waals surface area contributed by atoms with Gasteiger partial charge in [-0.25, -0.2) is 19.3 Å². The first-order valence-electron chi connectivity index (χ1n) is 10.2. The van der Waals surface area contributed by atoms with Crippen molar-refractivity contribution < 1.29 is 4.39 Å². The van der Waals surface area contributed by atoms with E-state index in [0.717, 1.165) is 0 Å². The Labute approximate surface area is 197 Å². The molecule has 10 heteroatoms. The number of hydrogen-bond acceptors (Lipinski definition) is 5. The zero-order chi connectivity index (χ0) is 23.1. The predicted molar refractivity (Wildman–Crippen MR) is 128 cm³/mol. The van der Waals surface area contributed by atoms with E-state index in [-0.39, 0.29) is 16.5 Å². The molecule has 0 saturated heterocycles. The van der Waals surface area contributed by atoms with E-state index in [9.17, 15) is 9.18 Å². The van der Waals surface area contributed by atoms with Crippen LogP contribution in [0.15, 0.2) is 59.9 Å². The third kappa shape index (κ3) is 3.71. The normalized spacial score (nSPS) is 12.4. The maximum absolute atomic E-state index is 14.7. The molecule has 0 saturated carbocycles. The van der Waals surface area contributed by atoms with E-state index < -0.39 is 11.4 Å². The number of imidazole rings is 1. The predicted octanol–water partition coefficient (Wildman–Crippen LogP) is 5.67. The Kier molecular flexibility index (Phi) is 5.47. The summed E-state index contributed by atoms with van der Waals surface area (Å²) in [5, 5.41) is 4.53.